The lowest BCUT2D eigenvalue weighted by molar-refractivity contribution is 0.0841. The number of aliphatic hydroxyl groups excluding tert-OH is 1. The van der Waals surface area contributed by atoms with E-state index >= 15 is 0 Å². The maximum Gasteiger partial charge on any atom is 0.108 e. The molecule has 0 aliphatic heterocycles. The number of hydrogen-bond donors (Lipinski definition) is 2. The predicted octanol–water partition coefficient (Wildman–Crippen LogP) is 1.30. The van der Waals surface area contributed by atoms with Crippen molar-refractivity contribution in [3.8, 4) is 0 Å². The number of hydrogen-bond acceptors (Lipinski definition) is 3. The van der Waals surface area contributed by atoms with Gasteiger partial charge >= 0.3 is 0 Å². The quantitative estimate of drug-likeness (QED) is 0.621. The molecule has 11 heavy (non-hydrogen) atoms. The van der Waals surface area contributed by atoms with Gasteiger partial charge in [-0.05, 0) is 25.9 Å². The van der Waals surface area contributed by atoms with Crippen molar-refractivity contribution in [2.45, 2.75) is 33.0 Å². The molecule has 0 fully saturated rings. The van der Waals surface area contributed by atoms with Crippen molar-refractivity contribution in [2.75, 3.05) is 12.0 Å². The summed E-state index contributed by atoms with van der Waals surface area (Å²) in [5.74, 6) is 1.33. The average Bonchev–Trinajstić information content (AvgIpc) is 1.86. The number of rotatable bonds is 5. The Balaban J connectivity index is 3.54. The van der Waals surface area contributed by atoms with E-state index in [1.165, 1.54) is 0 Å². The molecule has 0 aromatic rings. The van der Waals surface area contributed by atoms with Crippen molar-refractivity contribution in [3.05, 3.63) is 0 Å². The molecule has 0 aromatic carbocycles. The van der Waals surface area contributed by atoms with Gasteiger partial charge < -0.3 is 5.11 Å². The third-order valence-electron chi connectivity index (χ3n) is 1.47. The molecule has 2 nitrogen and oxygen atoms in total. The van der Waals surface area contributed by atoms with Crippen LogP contribution >= 0.6 is 11.8 Å². The van der Waals surface area contributed by atoms with Crippen molar-refractivity contribution < 1.29 is 5.11 Å². The largest absolute Gasteiger partial charge is 0.378 e. The third-order valence-corrected chi connectivity index (χ3v) is 2.33. The van der Waals surface area contributed by atoms with Crippen LogP contribution in [0.15, 0.2) is 0 Å². The number of nitrogens with one attached hydrogen (secondary N) is 1. The van der Waals surface area contributed by atoms with Gasteiger partial charge in [-0.3, -0.25) is 5.32 Å². The van der Waals surface area contributed by atoms with Gasteiger partial charge in [-0.2, -0.15) is 11.8 Å². The topological polar surface area (TPSA) is 32.3 Å². The monoisotopic (exact) mass is 177 g/mol. The highest BCUT2D eigenvalue weighted by atomic mass is 32.2. The second-order valence-electron chi connectivity index (χ2n) is 3.20. The second-order valence-corrected chi connectivity index (χ2v) is 4.11. The average molecular weight is 177 g/mol. The molecule has 2 atom stereocenters. The zero-order valence-corrected chi connectivity index (χ0v) is 8.61. The zero-order chi connectivity index (χ0) is 8.85. The van der Waals surface area contributed by atoms with Crippen LogP contribution in [-0.4, -0.2) is 29.4 Å². The highest BCUT2D eigenvalue weighted by Crippen LogP contribution is 2.07. The van der Waals surface area contributed by atoms with Crippen LogP contribution in [0.5, 0.6) is 0 Å². The van der Waals surface area contributed by atoms with E-state index in [0.717, 1.165) is 5.75 Å². The van der Waals surface area contributed by atoms with Crippen LogP contribution < -0.4 is 5.32 Å². The molecule has 0 spiro atoms. The highest BCUT2D eigenvalue weighted by Gasteiger charge is 2.13. The smallest absolute Gasteiger partial charge is 0.108 e. The Kier molecular flexibility index (Phi) is 6.01. The molecule has 0 heterocycles. The first kappa shape index (κ1) is 11.3. The predicted molar refractivity (Wildman–Crippen MR) is 51.8 cm³/mol. The molecule has 0 bridgehead atoms. The SMILES string of the molecule is CSCC(C)C(O)NC(C)C. The van der Waals surface area contributed by atoms with Gasteiger partial charge in [0, 0.05) is 12.0 Å². The molecule has 0 rings (SSSR count). The van der Waals surface area contributed by atoms with E-state index < -0.39 is 0 Å². The van der Waals surface area contributed by atoms with E-state index in [0.29, 0.717) is 12.0 Å². The highest BCUT2D eigenvalue weighted by molar-refractivity contribution is 7.98. The van der Waals surface area contributed by atoms with Crippen LogP contribution in [0.4, 0.5) is 0 Å². The van der Waals surface area contributed by atoms with Crippen molar-refractivity contribution in [2.24, 2.45) is 5.92 Å². The summed E-state index contributed by atoms with van der Waals surface area (Å²) in [5, 5.41) is 12.6. The van der Waals surface area contributed by atoms with Crippen molar-refractivity contribution in [3.63, 3.8) is 0 Å². The molecule has 0 aliphatic rings. The summed E-state index contributed by atoms with van der Waals surface area (Å²) in [6, 6.07) is 0.356. The Hall–Kier alpha value is 0.270. The summed E-state index contributed by atoms with van der Waals surface area (Å²) in [6.07, 6.45) is 1.70. The maximum atomic E-state index is 9.49. The van der Waals surface area contributed by atoms with Crippen LogP contribution in [0, 0.1) is 5.92 Å². The molecule has 0 amide bonds. The molecule has 68 valence electrons. The summed E-state index contributed by atoms with van der Waals surface area (Å²) in [7, 11) is 0. The molecule has 0 aromatic heterocycles. The lowest BCUT2D eigenvalue weighted by Crippen LogP contribution is -2.40. The van der Waals surface area contributed by atoms with E-state index in [1.807, 2.05) is 13.8 Å². The van der Waals surface area contributed by atoms with Crippen molar-refractivity contribution in [1.82, 2.24) is 5.32 Å². The first-order chi connectivity index (χ1) is 5.07. The lowest BCUT2D eigenvalue weighted by atomic mass is 10.2. The third kappa shape index (κ3) is 5.53. The normalized spacial score (nSPS) is 16.9. The Labute approximate surface area is 73.8 Å². The van der Waals surface area contributed by atoms with Gasteiger partial charge in [-0.1, -0.05) is 6.92 Å². The van der Waals surface area contributed by atoms with Gasteiger partial charge in [-0.25, -0.2) is 0 Å². The van der Waals surface area contributed by atoms with Gasteiger partial charge in [0.05, 0.1) is 0 Å². The van der Waals surface area contributed by atoms with Crippen LogP contribution in [0.3, 0.4) is 0 Å². The molecule has 0 aliphatic carbocycles. The van der Waals surface area contributed by atoms with Gasteiger partial charge in [-0.15, -0.1) is 0 Å². The van der Waals surface area contributed by atoms with E-state index in [-0.39, 0.29) is 6.23 Å². The minimum atomic E-state index is -0.359. The molecule has 3 heteroatoms. The molecular weight excluding hydrogens is 158 g/mol. The number of aliphatic hydroxyl groups is 1. The van der Waals surface area contributed by atoms with E-state index in [1.54, 1.807) is 11.8 Å². The maximum absolute atomic E-state index is 9.49. The minimum absolute atomic E-state index is 0.326. The van der Waals surface area contributed by atoms with E-state index in [4.69, 9.17) is 0 Å². The zero-order valence-electron chi connectivity index (χ0n) is 7.79. The molecule has 0 saturated carbocycles. The standard InChI is InChI=1S/C8H19NOS/c1-6(2)9-8(10)7(3)5-11-4/h6-10H,5H2,1-4H3. The lowest BCUT2D eigenvalue weighted by Gasteiger charge is -2.21. The van der Waals surface area contributed by atoms with Gasteiger partial charge in [0.15, 0.2) is 0 Å². The summed E-state index contributed by atoms with van der Waals surface area (Å²) in [4.78, 5) is 0. The van der Waals surface area contributed by atoms with Crippen LogP contribution in [0.2, 0.25) is 0 Å². The van der Waals surface area contributed by atoms with Crippen LogP contribution in [0.1, 0.15) is 20.8 Å². The fourth-order valence-corrected chi connectivity index (χ4v) is 1.57. The fourth-order valence-electron chi connectivity index (χ4n) is 0.860. The Morgan fingerprint density at radius 1 is 1.36 bits per heavy atom. The second kappa shape index (κ2) is 5.86. The van der Waals surface area contributed by atoms with Gasteiger partial charge in [0.1, 0.15) is 6.23 Å². The molecular formula is C8H19NOS. The van der Waals surface area contributed by atoms with Crippen molar-refractivity contribution >= 4 is 11.8 Å². The first-order valence-corrected chi connectivity index (χ1v) is 5.40. The summed E-state index contributed by atoms with van der Waals surface area (Å²) in [5.41, 5.74) is 0. The van der Waals surface area contributed by atoms with Crippen LogP contribution in [0.25, 0.3) is 0 Å². The molecule has 2 N–H and O–H groups in total. The van der Waals surface area contributed by atoms with Gasteiger partial charge in [0.25, 0.3) is 0 Å². The summed E-state index contributed by atoms with van der Waals surface area (Å²) in [6.45, 7) is 6.13. The fraction of sp³-hybridized carbons (Fsp3) is 1.00. The molecule has 0 saturated heterocycles. The first-order valence-electron chi connectivity index (χ1n) is 4.01. The minimum Gasteiger partial charge on any atom is -0.378 e. The van der Waals surface area contributed by atoms with Crippen molar-refractivity contribution in [1.29, 1.82) is 0 Å². The molecule has 0 radical (unpaired) electrons. The van der Waals surface area contributed by atoms with E-state index in [9.17, 15) is 5.11 Å². The Morgan fingerprint density at radius 2 is 1.91 bits per heavy atom. The Bertz CT molecular complexity index is 98.1. The molecule has 2 unspecified atom stereocenters. The summed E-state index contributed by atoms with van der Waals surface area (Å²) >= 11 is 1.77. The Morgan fingerprint density at radius 3 is 2.27 bits per heavy atom. The summed E-state index contributed by atoms with van der Waals surface area (Å²) < 4.78 is 0. The number of thioether (sulfide) groups is 1. The van der Waals surface area contributed by atoms with Crippen LogP contribution in [-0.2, 0) is 0 Å². The van der Waals surface area contributed by atoms with Gasteiger partial charge in [0.2, 0.25) is 0 Å². The van der Waals surface area contributed by atoms with E-state index in [2.05, 4.69) is 18.5 Å².